The number of carbonyl (C=O) groups is 2. The maximum atomic E-state index is 12.4. The Morgan fingerprint density at radius 1 is 0.510 bits per heavy atom. The summed E-state index contributed by atoms with van der Waals surface area (Å²) >= 11 is 0. The van der Waals surface area contributed by atoms with E-state index >= 15 is 0 Å². The Kier molecular flexibility index (Phi) is 35.9. The van der Waals surface area contributed by atoms with Crippen LogP contribution in [-0.2, 0) is 28.2 Å². The van der Waals surface area contributed by atoms with E-state index in [-0.39, 0.29) is 19.4 Å². The van der Waals surface area contributed by atoms with E-state index in [0.717, 1.165) is 96.3 Å². The van der Waals surface area contributed by atoms with Gasteiger partial charge in [0.25, 0.3) is 0 Å². The maximum absolute atomic E-state index is 12.4. The van der Waals surface area contributed by atoms with Crippen LogP contribution in [0.5, 0.6) is 0 Å². The minimum absolute atomic E-state index is 0.192. The first-order valence-electron chi connectivity index (χ1n) is 20.1. The predicted octanol–water partition coefficient (Wildman–Crippen LogP) is 12.1. The van der Waals surface area contributed by atoms with Crippen molar-refractivity contribution < 1.29 is 37.9 Å². The summed E-state index contributed by atoms with van der Waals surface area (Å²) in [7, 11) is -4.76. The smallest absolute Gasteiger partial charge is 0.462 e. The third-order valence-electron chi connectivity index (χ3n) is 8.26. The number of phosphoric ester groups is 1. The zero-order valence-electron chi connectivity index (χ0n) is 32.2. The fourth-order valence-electron chi connectivity index (χ4n) is 5.22. The van der Waals surface area contributed by atoms with Crippen molar-refractivity contribution in [2.45, 2.75) is 180 Å². The number of rotatable bonds is 36. The summed E-state index contributed by atoms with van der Waals surface area (Å²) in [5, 5.41) is 0. The van der Waals surface area contributed by atoms with Gasteiger partial charge in [0, 0.05) is 12.8 Å². The molecule has 0 aliphatic carbocycles. The summed E-state index contributed by atoms with van der Waals surface area (Å²) in [6.07, 6.45) is 46.5. The van der Waals surface area contributed by atoms with Crippen LogP contribution in [0.2, 0.25) is 0 Å². The summed E-state index contributed by atoms with van der Waals surface area (Å²) in [5.41, 5.74) is 0. The first kappa shape index (κ1) is 48.8. The number of phosphoric acid groups is 1. The highest BCUT2D eigenvalue weighted by Crippen LogP contribution is 2.36. The molecule has 1 atom stereocenters. The SMILES string of the molecule is CCCC/C=C\C/C=C\CCCCCCCC(=O)OCC(COP(=O)(O)O)OC(=O)CCCCCCCC/C=C\C/C=C\C/C=C\CCCCC. The highest BCUT2D eigenvalue weighted by molar-refractivity contribution is 7.46. The number of hydrogen-bond acceptors (Lipinski definition) is 6. The molecule has 0 fully saturated rings. The van der Waals surface area contributed by atoms with Gasteiger partial charge in [-0.2, -0.15) is 0 Å². The average molecular weight is 737 g/mol. The van der Waals surface area contributed by atoms with Gasteiger partial charge in [-0.25, -0.2) is 4.57 Å². The van der Waals surface area contributed by atoms with Gasteiger partial charge in [0.2, 0.25) is 0 Å². The van der Waals surface area contributed by atoms with Gasteiger partial charge in [0.1, 0.15) is 6.61 Å². The second kappa shape index (κ2) is 37.5. The zero-order chi connectivity index (χ0) is 37.5. The summed E-state index contributed by atoms with van der Waals surface area (Å²) in [5.74, 6) is -0.920. The monoisotopic (exact) mass is 737 g/mol. The lowest BCUT2D eigenvalue weighted by Crippen LogP contribution is -2.29. The molecule has 0 aromatic carbocycles. The standard InChI is InChI=1S/C42H73O8P/c1-3-5-7-9-11-13-15-17-19-20-21-22-23-25-27-29-31-33-35-37-42(44)50-40(39-49-51(45,46)47)38-48-41(43)36-34-32-30-28-26-24-18-16-14-12-10-8-6-4-2/h10-13,16-19,21-22,40H,3-9,14-15,20,23-39H2,1-2H3,(H2,45,46,47)/b12-10-,13-11-,18-16-,19-17-,22-21-. The Bertz CT molecular complexity index is 1010. The van der Waals surface area contributed by atoms with Gasteiger partial charge in [-0.15, -0.1) is 0 Å². The Balaban J connectivity index is 4.00. The lowest BCUT2D eigenvalue weighted by molar-refractivity contribution is -0.161. The van der Waals surface area contributed by atoms with Crippen LogP contribution in [0.15, 0.2) is 60.8 Å². The molecule has 1 unspecified atom stereocenters. The number of carbonyl (C=O) groups excluding carboxylic acids is 2. The summed E-state index contributed by atoms with van der Waals surface area (Å²) < 4.78 is 26.3. The summed E-state index contributed by atoms with van der Waals surface area (Å²) in [6.45, 7) is 3.58. The number of hydrogen-bond donors (Lipinski definition) is 2. The molecule has 0 aromatic rings. The van der Waals surface area contributed by atoms with Crippen molar-refractivity contribution in [2.75, 3.05) is 13.2 Å². The van der Waals surface area contributed by atoms with Crippen LogP contribution in [0.4, 0.5) is 0 Å². The van der Waals surface area contributed by atoms with Gasteiger partial charge >= 0.3 is 19.8 Å². The molecule has 0 aliphatic heterocycles. The Hall–Kier alpha value is -2.25. The highest BCUT2D eigenvalue weighted by Gasteiger charge is 2.22. The average Bonchev–Trinajstić information content (AvgIpc) is 3.10. The van der Waals surface area contributed by atoms with Crippen molar-refractivity contribution in [2.24, 2.45) is 0 Å². The second-order valence-corrected chi connectivity index (χ2v) is 14.5. The fraction of sp³-hybridized carbons (Fsp3) is 0.714. The van der Waals surface area contributed by atoms with Crippen LogP contribution in [0.1, 0.15) is 174 Å². The lowest BCUT2D eigenvalue weighted by Gasteiger charge is -2.18. The van der Waals surface area contributed by atoms with E-state index in [1.807, 2.05) is 0 Å². The topological polar surface area (TPSA) is 119 Å². The molecule has 51 heavy (non-hydrogen) atoms. The quantitative estimate of drug-likeness (QED) is 0.0282. The Labute approximate surface area is 311 Å². The van der Waals surface area contributed by atoms with Crippen molar-refractivity contribution in [1.82, 2.24) is 0 Å². The van der Waals surface area contributed by atoms with Crippen molar-refractivity contribution >= 4 is 19.8 Å². The molecular formula is C42H73O8P. The third-order valence-corrected chi connectivity index (χ3v) is 8.74. The van der Waals surface area contributed by atoms with Gasteiger partial charge in [0.15, 0.2) is 6.10 Å². The van der Waals surface area contributed by atoms with Crippen LogP contribution < -0.4 is 0 Å². The minimum Gasteiger partial charge on any atom is -0.462 e. The number of esters is 2. The van der Waals surface area contributed by atoms with E-state index < -0.39 is 32.5 Å². The number of unbranched alkanes of at least 4 members (excludes halogenated alkanes) is 16. The molecule has 0 saturated heterocycles. The summed E-state index contributed by atoms with van der Waals surface area (Å²) in [4.78, 5) is 42.8. The van der Waals surface area contributed by atoms with E-state index in [9.17, 15) is 14.2 Å². The normalized spacial score (nSPS) is 13.1. The van der Waals surface area contributed by atoms with Gasteiger partial charge in [0.05, 0.1) is 6.61 Å². The van der Waals surface area contributed by atoms with E-state index in [4.69, 9.17) is 19.3 Å². The van der Waals surface area contributed by atoms with E-state index in [1.165, 1.54) is 38.5 Å². The molecule has 0 rings (SSSR count). The van der Waals surface area contributed by atoms with Crippen LogP contribution in [0.25, 0.3) is 0 Å². The van der Waals surface area contributed by atoms with Crippen molar-refractivity contribution in [1.29, 1.82) is 0 Å². The largest absolute Gasteiger partial charge is 0.469 e. The molecular weight excluding hydrogens is 663 g/mol. The Morgan fingerprint density at radius 3 is 1.37 bits per heavy atom. The van der Waals surface area contributed by atoms with Crippen LogP contribution in [0, 0.1) is 0 Å². The second-order valence-electron chi connectivity index (χ2n) is 13.2. The first-order chi connectivity index (χ1) is 24.8. The predicted molar refractivity (Wildman–Crippen MR) is 211 cm³/mol. The van der Waals surface area contributed by atoms with Crippen molar-refractivity contribution in [3.05, 3.63) is 60.8 Å². The molecule has 9 heteroatoms. The molecule has 0 saturated carbocycles. The molecule has 0 spiro atoms. The summed E-state index contributed by atoms with van der Waals surface area (Å²) in [6, 6.07) is 0. The van der Waals surface area contributed by atoms with Crippen LogP contribution in [0.3, 0.4) is 0 Å². The van der Waals surface area contributed by atoms with Crippen LogP contribution in [-0.4, -0.2) is 41.0 Å². The third kappa shape index (κ3) is 40.4. The molecule has 8 nitrogen and oxygen atoms in total. The zero-order valence-corrected chi connectivity index (χ0v) is 33.1. The maximum Gasteiger partial charge on any atom is 0.469 e. The molecule has 0 aromatic heterocycles. The van der Waals surface area contributed by atoms with E-state index in [2.05, 4.69) is 79.1 Å². The molecule has 0 radical (unpaired) electrons. The molecule has 294 valence electrons. The fourth-order valence-corrected chi connectivity index (χ4v) is 5.58. The minimum atomic E-state index is -4.76. The van der Waals surface area contributed by atoms with E-state index in [1.54, 1.807) is 0 Å². The van der Waals surface area contributed by atoms with Gasteiger partial charge in [-0.05, 0) is 77.0 Å². The molecule has 0 bridgehead atoms. The Morgan fingerprint density at radius 2 is 0.902 bits per heavy atom. The van der Waals surface area contributed by atoms with Gasteiger partial charge in [-0.1, -0.05) is 145 Å². The lowest BCUT2D eigenvalue weighted by atomic mass is 10.1. The van der Waals surface area contributed by atoms with Gasteiger partial charge in [-0.3, -0.25) is 14.1 Å². The highest BCUT2D eigenvalue weighted by atomic mass is 31.2. The number of ether oxygens (including phenoxy) is 2. The van der Waals surface area contributed by atoms with Crippen molar-refractivity contribution in [3.63, 3.8) is 0 Å². The molecule has 0 heterocycles. The van der Waals surface area contributed by atoms with E-state index in [0.29, 0.717) is 12.8 Å². The van der Waals surface area contributed by atoms with Crippen molar-refractivity contribution in [3.8, 4) is 0 Å². The molecule has 0 aliphatic rings. The van der Waals surface area contributed by atoms with Crippen LogP contribution >= 0.6 is 7.82 Å². The first-order valence-corrected chi connectivity index (χ1v) is 21.6. The molecule has 0 amide bonds. The molecule has 2 N–H and O–H groups in total. The number of allylic oxidation sites excluding steroid dienone is 10. The van der Waals surface area contributed by atoms with Gasteiger partial charge < -0.3 is 19.3 Å².